The lowest BCUT2D eigenvalue weighted by Crippen LogP contribution is -2.57. The summed E-state index contributed by atoms with van der Waals surface area (Å²) in [6.07, 6.45) is 0.991. The monoisotopic (exact) mass is 309 g/mol. The predicted octanol–water partition coefficient (Wildman–Crippen LogP) is 1.68. The Hall–Kier alpha value is -1.43. The van der Waals surface area contributed by atoms with Gasteiger partial charge in [-0.05, 0) is 26.2 Å². The molecule has 1 saturated heterocycles. The summed E-state index contributed by atoms with van der Waals surface area (Å²) < 4.78 is 0. The second-order valence-electron chi connectivity index (χ2n) is 5.94. The van der Waals surface area contributed by atoms with Gasteiger partial charge in [0.15, 0.2) is 0 Å². The van der Waals surface area contributed by atoms with Crippen LogP contribution in [0.15, 0.2) is 0 Å². The van der Waals surface area contributed by atoms with Crippen molar-refractivity contribution in [3.63, 3.8) is 0 Å². The summed E-state index contributed by atoms with van der Waals surface area (Å²) in [5, 5.41) is 3.83. The second-order valence-corrected chi connectivity index (χ2v) is 7.34. The third-order valence-corrected chi connectivity index (χ3v) is 4.59. The molecule has 6 heteroatoms. The van der Waals surface area contributed by atoms with E-state index in [4.69, 9.17) is 0 Å². The molecule has 2 amide bonds. The zero-order chi connectivity index (χ0) is 15.6. The van der Waals surface area contributed by atoms with E-state index in [2.05, 4.69) is 24.1 Å². The van der Waals surface area contributed by atoms with Gasteiger partial charge in [0.1, 0.15) is 6.04 Å². The van der Waals surface area contributed by atoms with E-state index >= 15 is 0 Å². The molecule has 116 valence electrons. The maximum absolute atomic E-state index is 12.6. The van der Waals surface area contributed by atoms with Gasteiger partial charge >= 0.3 is 0 Å². The lowest BCUT2D eigenvalue weighted by Gasteiger charge is -2.36. The summed E-state index contributed by atoms with van der Waals surface area (Å²) in [5.74, 6) is 0.343. The van der Waals surface area contributed by atoms with Crippen LogP contribution in [-0.2, 0) is 16.0 Å². The van der Waals surface area contributed by atoms with Crippen molar-refractivity contribution >= 4 is 23.2 Å². The molecule has 0 saturated carbocycles. The minimum Gasteiger partial charge on any atom is -0.353 e. The highest BCUT2D eigenvalue weighted by Gasteiger charge is 2.33. The van der Waals surface area contributed by atoms with Crippen LogP contribution < -0.4 is 5.32 Å². The van der Waals surface area contributed by atoms with E-state index in [1.54, 1.807) is 16.2 Å². The summed E-state index contributed by atoms with van der Waals surface area (Å²) in [7, 11) is 0. The SMILES string of the molecule is Cc1nc(CC(=O)N2CCNC(=O)C2CC(C)C)c(C)s1. The maximum Gasteiger partial charge on any atom is 0.242 e. The van der Waals surface area contributed by atoms with Crippen molar-refractivity contribution in [1.29, 1.82) is 0 Å². The Morgan fingerprint density at radius 3 is 2.76 bits per heavy atom. The lowest BCUT2D eigenvalue weighted by molar-refractivity contribution is -0.143. The molecule has 0 aromatic carbocycles. The number of rotatable bonds is 4. The van der Waals surface area contributed by atoms with Crippen molar-refractivity contribution in [3.05, 3.63) is 15.6 Å². The number of hydrogen-bond donors (Lipinski definition) is 1. The second kappa shape index (κ2) is 6.56. The van der Waals surface area contributed by atoms with Gasteiger partial charge in [-0.3, -0.25) is 9.59 Å². The van der Waals surface area contributed by atoms with Crippen LogP contribution in [0.3, 0.4) is 0 Å². The van der Waals surface area contributed by atoms with Crippen LogP contribution in [0.5, 0.6) is 0 Å². The Balaban J connectivity index is 2.11. The molecule has 1 aromatic heterocycles. The Morgan fingerprint density at radius 1 is 1.48 bits per heavy atom. The van der Waals surface area contributed by atoms with Gasteiger partial charge in [0, 0.05) is 18.0 Å². The first-order valence-corrected chi connectivity index (χ1v) is 8.20. The molecule has 1 aliphatic rings. The highest BCUT2D eigenvalue weighted by molar-refractivity contribution is 7.11. The van der Waals surface area contributed by atoms with Gasteiger partial charge in [0.05, 0.1) is 17.1 Å². The number of hydrogen-bond acceptors (Lipinski definition) is 4. The molecule has 2 heterocycles. The molecule has 1 aliphatic heterocycles. The van der Waals surface area contributed by atoms with Crippen LogP contribution in [0.25, 0.3) is 0 Å². The summed E-state index contributed by atoms with van der Waals surface area (Å²) in [6, 6.07) is -0.341. The fraction of sp³-hybridized carbons (Fsp3) is 0.667. The summed E-state index contributed by atoms with van der Waals surface area (Å²) in [5.41, 5.74) is 0.844. The molecule has 1 unspecified atom stereocenters. The Morgan fingerprint density at radius 2 is 2.19 bits per heavy atom. The number of carbonyl (C=O) groups excluding carboxylic acids is 2. The van der Waals surface area contributed by atoms with Gasteiger partial charge in [0.25, 0.3) is 0 Å². The molecular weight excluding hydrogens is 286 g/mol. The maximum atomic E-state index is 12.6. The van der Waals surface area contributed by atoms with Gasteiger partial charge in [-0.15, -0.1) is 11.3 Å². The van der Waals surface area contributed by atoms with E-state index < -0.39 is 0 Å². The molecule has 0 bridgehead atoms. The molecule has 1 aromatic rings. The normalized spacial score (nSPS) is 19.0. The number of carbonyl (C=O) groups is 2. The Labute approximate surface area is 129 Å². The van der Waals surface area contributed by atoms with Crippen molar-refractivity contribution in [2.75, 3.05) is 13.1 Å². The number of thiazole rings is 1. The zero-order valence-electron chi connectivity index (χ0n) is 13.1. The lowest BCUT2D eigenvalue weighted by atomic mass is 9.99. The fourth-order valence-electron chi connectivity index (χ4n) is 2.67. The number of amides is 2. The molecule has 0 aliphatic carbocycles. The van der Waals surface area contributed by atoms with Crippen LogP contribution >= 0.6 is 11.3 Å². The van der Waals surface area contributed by atoms with Gasteiger partial charge < -0.3 is 10.2 Å². The summed E-state index contributed by atoms with van der Waals surface area (Å²) in [6.45, 7) is 9.19. The standard InChI is InChI=1S/C15H23N3O2S/c1-9(2)7-13-15(20)16-5-6-18(13)14(19)8-12-10(3)21-11(4)17-12/h9,13H,5-8H2,1-4H3,(H,16,20). The van der Waals surface area contributed by atoms with Crippen LogP contribution in [0.1, 0.15) is 35.8 Å². The molecule has 0 spiro atoms. The van der Waals surface area contributed by atoms with E-state index in [1.807, 2.05) is 13.8 Å². The quantitative estimate of drug-likeness (QED) is 0.920. The first-order valence-electron chi connectivity index (χ1n) is 7.38. The Bertz CT molecular complexity index is 539. The molecule has 21 heavy (non-hydrogen) atoms. The van der Waals surface area contributed by atoms with E-state index in [-0.39, 0.29) is 24.3 Å². The van der Waals surface area contributed by atoms with Gasteiger partial charge in [-0.25, -0.2) is 4.98 Å². The van der Waals surface area contributed by atoms with E-state index in [9.17, 15) is 9.59 Å². The number of piperazine rings is 1. The van der Waals surface area contributed by atoms with Gasteiger partial charge in [-0.2, -0.15) is 0 Å². The highest BCUT2D eigenvalue weighted by Crippen LogP contribution is 2.20. The molecule has 1 atom stereocenters. The average Bonchev–Trinajstić information content (AvgIpc) is 2.69. The van der Waals surface area contributed by atoms with Crippen molar-refractivity contribution < 1.29 is 9.59 Å². The number of aryl methyl sites for hydroxylation is 2. The highest BCUT2D eigenvalue weighted by atomic mass is 32.1. The van der Waals surface area contributed by atoms with E-state index in [1.165, 1.54) is 0 Å². The minimum absolute atomic E-state index is 0.00361. The van der Waals surface area contributed by atoms with Crippen molar-refractivity contribution in [1.82, 2.24) is 15.2 Å². The number of nitrogens with one attached hydrogen (secondary N) is 1. The van der Waals surface area contributed by atoms with Gasteiger partial charge in [-0.1, -0.05) is 13.8 Å². The largest absolute Gasteiger partial charge is 0.353 e. The molecule has 0 radical (unpaired) electrons. The first-order chi connectivity index (χ1) is 9.88. The average molecular weight is 309 g/mol. The van der Waals surface area contributed by atoms with E-state index in [0.717, 1.165) is 15.6 Å². The van der Waals surface area contributed by atoms with Crippen LogP contribution in [0, 0.1) is 19.8 Å². The summed E-state index contributed by atoms with van der Waals surface area (Å²) in [4.78, 5) is 31.9. The minimum atomic E-state index is -0.341. The topological polar surface area (TPSA) is 62.3 Å². The van der Waals surface area contributed by atoms with Crippen LogP contribution in [-0.4, -0.2) is 40.8 Å². The molecule has 5 nitrogen and oxygen atoms in total. The van der Waals surface area contributed by atoms with Crippen molar-refractivity contribution in [2.45, 2.75) is 46.6 Å². The van der Waals surface area contributed by atoms with Crippen LogP contribution in [0.2, 0.25) is 0 Å². The van der Waals surface area contributed by atoms with Crippen LogP contribution in [0.4, 0.5) is 0 Å². The fourth-order valence-corrected chi connectivity index (χ4v) is 3.51. The smallest absolute Gasteiger partial charge is 0.242 e. The zero-order valence-corrected chi connectivity index (χ0v) is 13.9. The Kier molecular flexibility index (Phi) is 4.98. The van der Waals surface area contributed by atoms with E-state index in [0.29, 0.717) is 25.4 Å². The molecule has 1 N–H and O–H groups in total. The number of aromatic nitrogens is 1. The van der Waals surface area contributed by atoms with Crippen molar-refractivity contribution in [3.8, 4) is 0 Å². The number of nitrogens with zero attached hydrogens (tertiary/aromatic N) is 2. The summed E-state index contributed by atoms with van der Waals surface area (Å²) >= 11 is 1.61. The third-order valence-electron chi connectivity index (χ3n) is 3.66. The third kappa shape index (κ3) is 3.81. The molecule has 2 rings (SSSR count). The predicted molar refractivity (Wildman–Crippen MR) is 83.3 cm³/mol. The molecule has 1 fully saturated rings. The first kappa shape index (κ1) is 15.9. The molecular formula is C15H23N3O2S. The van der Waals surface area contributed by atoms with Crippen molar-refractivity contribution in [2.24, 2.45) is 5.92 Å². The van der Waals surface area contributed by atoms with Gasteiger partial charge in [0.2, 0.25) is 11.8 Å².